The fourth-order valence-electron chi connectivity index (χ4n) is 1.92. The van der Waals surface area contributed by atoms with Crippen LogP contribution in [0.4, 0.5) is 5.69 Å². The van der Waals surface area contributed by atoms with Crippen LogP contribution in [0.5, 0.6) is 0 Å². The van der Waals surface area contributed by atoms with Crippen molar-refractivity contribution in [2.24, 2.45) is 0 Å². The topological polar surface area (TPSA) is 77.4 Å². The summed E-state index contributed by atoms with van der Waals surface area (Å²) >= 11 is 0. The number of pyridine rings is 1. The molecule has 0 aliphatic heterocycles. The van der Waals surface area contributed by atoms with E-state index >= 15 is 0 Å². The minimum absolute atomic E-state index is 0.0726. The number of rotatable bonds is 5. The molecule has 6 heteroatoms. The maximum Gasteiger partial charge on any atom is 0.338 e. The Morgan fingerprint density at radius 3 is 2.43 bits per heavy atom. The summed E-state index contributed by atoms with van der Waals surface area (Å²) in [6, 6.07) is 11.1. The van der Waals surface area contributed by atoms with Crippen molar-refractivity contribution < 1.29 is 14.3 Å². The van der Waals surface area contributed by atoms with E-state index in [1.165, 1.54) is 10.6 Å². The number of aromatic nitrogens is 1. The number of nitrogens with zero attached hydrogens (tertiary/aromatic N) is 1. The lowest BCUT2D eigenvalue weighted by Gasteiger charge is -2.09. The van der Waals surface area contributed by atoms with Crippen molar-refractivity contribution in [1.29, 1.82) is 0 Å². The zero-order valence-corrected chi connectivity index (χ0v) is 13.0. The average molecular weight is 314 g/mol. The van der Waals surface area contributed by atoms with Crippen LogP contribution in [0.25, 0.3) is 0 Å². The molecule has 120 valence electrons. The van der Waals surface area contributed by atoms with Crippen LogP contribution in [0.2, 0.25) is 0 Å². The van der Waals surface area contributed by atoms with Crippen molar-refractivity contribution in [3.63, 3.8) is 0 Å². The van der Waals surface area contributed by atoms with Gasteiger partial charge in [0, 0.05) is 18.0 Å². The van der Waals surface area contributed by atoms with Crippen molar-refractivity contribution in [2.45, 2.75) is 26.5 Å². The SMILES string of the molecule is CC(C)OC(=O)c1ccc(NC(=O)Cn2ccccc2=O)cc1. The Hall–Kier alpha value is -2.89. The van der Waals surface area contributed by atoms with Crippen LogP contribution in [0.15, 0.2) is 53.5 Å². The largest absolute Gasteiger partial charge is 0.459 e. The summed E-state index contributed by atoms with van der Waals surface area (Å²) in [7, 11) is 0. The van der Waals surface area contributed by atoms with Gasteiger partial charge in [-0.2, -0.15) is 0 Å². The lowest BCUT2D eigenvalue weighted by atomic mass is 10.2. The molecule has 0 spiro atoms. The molecule has 0 saturated heterocycles. The van der Waals surface area contributed by atoms with Gasteiger partial charge < -0.3 is 14.6 Å². The molecule has 0 bridgehead atoms. The van der Waals surface area contributed by atoms with Gasteiger partial charge in [0.15, 0.2) is 0 Å². The second-order valence-corrected chi connectivity index (χ2v) is 5.25. The number of amides is 1. The number of benzene rings is 1. The summed E-state index contributed by atoms with van der Waals surface area (Å²) in [5.74, 6) is -0.732. The van der Waals surface area contributed by atoms with Crippen LogP contribution >= 0.6 is 0 Å². The Labute approximate surface area is 133 Å². The molecule has 0 aliphatic carbocycles. The highest BCUT2D eigenvalue weighted by atomic mass is 16.5. The summed E-state index contributed by atoms with van der Waals surface area (Å²) in [6.07, 6.45) is 1.36. The maximum absolute atomic E-state index is 11.9. The number of hydrogen-bond acceptors (Lipinski definition) is 4. The monoisotopic (exact) mass is 314 g/mol. The van der Waals surface area contributed by atoms with Gasteiger partial charge >= 0.3 is 5.97 Å². The average Bonchev–Trinajstić information content (AvgIpc) is 2.49. The molecule has 2 rings (SSSR count). The molecule has 6 nitrogen and oxygen atoms in total. The molecule has 1 N–H and O–H groups in total. The highest BCUT2D eigenvalue weighted by Crippen LogP contribution is 2.11. The van der Waals surface area contributed by atoms with Gasteiger partial charge in [0.05, 0.1) is 11.7 Å². The van der Waals surface area contributed by atoms with Gasteiger partial charge in [-0.15, -0.1) is 0 Å². The number of ether oxygens (including phenoxy) is 1. The first kappa shape index (κ1) is 16.5. The van der Waals surface area contributed by atoms with Gasteiger partial charge in [0.1, 0.15) is 6.54 Å². The number of carbonyl (C=O) groups excluding carboxylic acids is 2. The normalized spacial score (nSPS) is 10.4. The van der Waals surface area contributed by atoms with Crippen molar-refractivity contribution >= 4 is 17.6 Å². The fourth-order valence-corrected chi connectivity index (χ4v) is 1.92. The van der Waals surface area contributed by atoms with Gasteiger partial charge in [-0.3, -0.25) is 9.59 Å². The Balaban J connectivity index is 1.98. The molecule has 1 amide bonds. The van der Waals surface area contributed by atoms with E-state index in [0.717, 1.165) is 0 Å². The van der Waals surface area contributed by atoms with Crippen molar-refractivity contribution in [1.82, 2.24) is 4.57 Å². The Bertz CT molecular complexity index is 748. The molecule has 1 heterocycles. The van der Waals surface area contributed by atoms with Gasteiger partial charge in [-0.25, -0.2) is 4.79 Å². The van der Waals surface area contributed by atoms with E-state index in [1.807, 2.05) is 0 Å². The molecule has 2 aromatic rings. The van der Waals surface area contributed by atoms with Crippen LogP contribution in [0.1, 0.15) is 24.2 Å². The van der Waals surface area contributed by atoms with Gasteiger partial charge in [0.2, 0.25) is 5.91 Å². The van der Waals surface area contributed by atoms with Crippen LogP contribution in [0.3, 0.4) is 0 Å². The molecule has 0 fully saturated rings. The van der Waals surface area contributed by atoms with E-state index in [0.29, 0.717) is 11.3 Å². The number of carbonyl (C=O) groups is 2. The second-order valence-electron chi connectivity index (χ2n) is 5.25. The number of hydrogen-bond donors (Lipinski definition) is 1. The molecule has 0 saturated carbocycles. The van der Waals surface area contributed by atoms with Crippen molar-refractivity contribution in [2.75, 3.05) is 5.32 Å². The highest BCUT2D eigenvalue weighted by molar-refractivity contribution is 5.93. The third-order valence-corrected chi connectivity index (χ3v) is 2.96. The van der Waals surface area contributed by atoms with Gasteiger partial charge in [-0.05, 0) is 44.2 Å². The molecule has 23 heavy (non-hydrogen) atoms. The first-order chi connectivity index (χ1) is 11.0. The standard InChI is InChI=1S/C17H18N2O4/c1-12(2)23-17(22)13-6-8-14(9-7-13)18-15(20)11-19-10-4-3-5-16(19)21/h3-10,12H,11H2,1-2H3,(H,18,20). The highest BCUT2D eigenvalue weighted by Gasteiger charge is 2.10. The van der Waals surface area contributed by atoms with Crippen LogP contribution in [0, 0.1) is 0 Å². The number of nitrogens with one attached hydrogen (secondary N) is 1. The minimum Gasteiger partial charge on any atom is -0.459 e. The zero-order valence-electron chi connectivity index (χ0n) is 13.0. The van der Waals surface area contributed by atoms with Crippen LogP contribution < -0.4 is 10.9 Å². The van der Waals surface area contributed by atoms with Crippen molar-refractivity contribution in [3.8, 4) is 0 Å². The molecule has 0 aliphatic rings. The molecule has 1 aromatic heterocycles. The lowest BCUT2D eigenvalue weighted by molar-refractivity contribution is -0.116. The van der Waals surface area contributed by atoms with E-state index in [4.69, 9.17) is 4.74 Å². The summed E-state index contributed by atoms with van der Waals surface area (Å²) in [5.41, 5.74) is 0.713. The van der Waals surface area contributed by atoms with E-state index in [-0.39, 0.29) is 24.1 Å². The number of esters is 1. The molecular weight excluding hydrogens is 296 g/mol. The fraction of sp³-hybridized carbons (Fsp3) is 0.235. The molecule has 0 unspecified atom stereocenters. The molecule has 1 aromatic carbocycles. The smallest absolute Gasteiger partial charge is 0.338 e. The molecule has 0 radical (unpaired) electrons. The molecular formula is C17H18N2O4. The number of anilines is 1. The maximum atomic E-state index is 11.9. The Morgan fingerprint density at radius 1 is 1.13 bits per heavy atom. The predicted octanol–water partition coefficient (Wildman–Crippen LogP) is 2.05. The first-order valence-electron chi connectivity index (χ1n) is 7.22. The molecule has 0 atom stereocenters. The summed E-state index contributed by atoms with van der Waals surface area (Å²) in [4.78, 5) is 35.2. The van der Waals surface area contributed by atoms with E-state index < -0.39 is 5.97 Å². The van der Waals surface area contributed by atoms with Crippen molar-refractivity contribution in [3.05, 3.63) is 64.6 Å². The minimum atomic E-state index is -0.409. The zero-order chi connectivity index (χ0) is 16.8. The first-order valence-corrected chi connectivity index (χ1v) is 7.22. The Morgan fingerprint density at radius 2 is 1.83 bits per heavy atom. The summed E-state index contributed by atoms with van der Waals surface area (Å²) < 4.78 is 6.39. The van der Waals surface area contributed by atoms with E-state index in [2.05, 4.69) is 5.32 Å². The van der Waals surface area contributed by atoms with E-state index in [9.17, 15) is 14.4 Å². The third kappa shape index (κ3) is 4.81. The van der Waals surface area contributed by atoms with Gasteiger partial charge in [0.25, 0.3) is 5.56 Å². The van der Waals surface area contributed by atoms with E-state index in [1.54, 1.807) is 56.4 Å². The van der Waals surface area contributed by atoms with Crippen LogP contribution in [-0.4, -0.2) is 22.5 Å². The quantitative estimate of drug-likeness (QED) is 0.857. The Kier molecular flexibility index (Phi) is 5.30. The second kappa shape index (κ2) is 7.40. The third-order valence-electron chi connectivity index (χ3n) is 2.96. The lowest BCUT2D eigenvalue weighted by Crippen LogP contribution is -2.26. The predicted molar refractivity (Wildman–Crippen MR) is 86.3 cm³/mol. The van der Waals surface area contributed by atoms with Gasteiger partial charge in [-0.1, -0.05) is 6.07 Å². The summed E-state index contributed by atoms with van der Waals surface area (Å²) in [6.45, 7) is 3.48. The summed E-state index contributed by atoms with van der Waals surface area (Å²) in [5, 5.41) is 2.67. The van der Waals surface area contributed by atoms with Crippen LogP contribution in [-0.2, 0) is 16.1 Å².